The van der Waals surface area contributed by atoms with E-state index in [1.165, 1.54) is 31.3 Å². The van der Waals surface area contributed by atoms with Crippen LogP contribution in [0.1, 0.15) is 66.7 Å². The average molecular weight is 196 g/mol. The molecule has 0 aliphatic rings. The van der Waals surface area contributed by atoms with Crippen molar-refractivity contribution < 1.29 is 0 Å². The van der Waals surface area contributed by atoms with E-state index < -0.39 is 0 Å². The van der Waals surface area contributed by atoms with Crippen LogP contribution in [0.4, 0.5) is 0 Å². The molecule has 0 nitrogen and oxygen atoms in total. The standard InChI is InChI=1S/C14H28/c1-7-13(4)10-8-9-11-14(5,6)12(2)3/h12H,4,7-11H2,1-3,5-6H3. The lowest BCUT2D eigenvalue weighted by Crippen LogP contribution is -2.18. The van der Waals surface area contributed by atoms with Gasteiger partial charge in [0.2, 0.25) is 0 Å². The Balaban J connectivity index is 3.59. The maximum absolute atomic E-state index is 4.04. The molecule has 0 radical (unpaired) electrons. The highest BCUT2D eigenvalue weighted by Gasteiger charge is 2.21. The molecule has 0 aliphatic heterocycles. The van der Waals surface area contributed by atoms with Crippen molar-refractivity contribution in [1.82, 2.24) is 0 Å². The highest BCUT2D eigenvalue weighted by molar-refractivity contribution is 4.91. The van der Waals surface area contributed by atoms with Gasteiger partial charge < -0.3 is 0 Å². The molecule has 0 fully saturated rings. The van der Waals surface area contributed by atoms with Crippen molar-refractivity contribution in [1.29, 1.82) is 0 Å². The smallest absolute Gasteiger partial charge is 0.0323 e. The largest absolute Gasteiger partial charge is 0.0999 e. The third-order valence-corrected chi connectivity index (χ3v) is 3.66. The minimum absolute atomic E-state index is 0.507. The van der Waals surface area contributed by atoms with Gasteiger partial charge in [0.1, 0.15) is 0 Å². The van der Waals surface area contributed by atoms with Crippen molar-refractivity contribution in [3.63, 3.8) is 0 Å². The van der Waals surface area contributed by atoms with E-state index in [0.717, 1.165) is 12.3 Å². The molecule has 0 aromatic heterocycles. The molecule has 84 valence electrons. The van der Waals surface area contributed by atoms with Gasteiger partial charge in [0.25, 0.3) is 0 Å². The zero-order valence-corrected chi connectivity index (χ0v) is 10.8. The van der Waals surface area contributed by atoms with Crippen LogP contribution in [-0.4, -0.2) is 0 Å². The molecular weight excluding hydrogens is 168 g/mol. The summed E-state index contributed by atoms with van der Waals surface area (Å²) >= 11 is 0. The Bertz CT molecular complexity index is 163. The van der Waals surface area contributed by atoms with Gasteiger partial charge in [-0.25, -0.2) is 0 Å². The summed E-state index contributed by atoms with van der Waals surface area (Å²) in [6.07, 6.45) is 6.40. The SMILES string of the molecule is C=C(CC)CCCCC(C)(C)C(C)C. The summed E-state index contributed by atoms with van der Waals surface area (Å²) < 4.78 is 0. The van der Waals surface area contributed by atoms with Crippen LogP contribution >= 0.6 is 0 Å². The molecule has 0 saturated heterocycles. The fourth-order valence-electron chi connectivity index (χ4n) is 1.42. The van der Waals surface area contributed by atoms with Crippen LogP contribution < -0.4 is 0 Å². The van der Waals surface area contributed by atoms with Crippen LogP contribution in [0.25, 0.3) is 0 Å². The Morgan fingerprint density at radius 3 is 2.21 bits per heavy atom. The van der Waals surface area contributed by atoms with E-state index in [1.54, 1.807) is 0 Å². The molecule has 0 atom stereocenters. The highest BCUT2D eigenvalue weighted by Crippen LogP contribution is 2.32. The number of allylic oxidation sites excluding steroid dienone is 1. The molecule has 0 saturated carbocycles. The van der Waals surface area contributed by atoms with Crippen LogP contribution in [-0.2, 0) is 0 Å². The summed E-state index contributed by atoms with van der Waals surface area (Å²) in [5.74, 6) is 0.789. The molecule has 0 rings (SSSR count). The van der Waals surface area contributed by atoms with Crippen LogP contribution in [0.2, 0.25) is 0 Å². The molecule has 0 heterocycles. The van der Waals surface area contributed by atoms with Crippen LogP contribution in [0.5, 0.6) is 0 Å². The van der Waals surface area contributed by atoms with Crippen LogP contribution in [0, 0.1) is 11.3 Å². The third-order valence-electron chi connectivity index (χ3n) is 3.66. The van der Waals surface area contributed by atoms with Gasteiger partial charge in [0.05, 0.1) is 0 Å². The van der Waals surface area contributed by atoms with E-state index >= 15 is 0 Å². The van der Waals surface area contributed by atoms with Gasteiger partial charge in [0, 0.05) is 0 Å². The van der Waals surface area contributed by atoms with Gasteiger partial charge in [-0.05, 0) is 37.0 Å². The molecule has 0 aliphatic carbocycles. The normalized spacial score (nSPS) is 12.1. The zero-order valence-electron chi connectivity index (χ0n) is 10.8. The van der Waals surface area contributed by atoms with E-state index in [2.05, 4.69) is 41.2 Å². The van der Waals surface area contributed by atoms with E-state index in [9.17, 15) is 0 Å². The molecule has 0 aromatic carbocycles. The second kappa shape index (κ2) is 6.27. The van der Waals surface area contributed by atoms with Gasteiger partial charge >= 0.3 is 0 Å². The molecule has 0 heteroatoms. The lowest BCUT2D eigenvalue weighted by Gasteiger charge is -2.29. The maximum atomic E-state index is 4.04. The second-order valence-electron chi connectivity index (χ2n) is 5.45. The fraction of sp³-hybridized carbons (Fsp3) is 0.857. The van der Waals surface area contributed by atoms with Crippen molar-refractivity contribution >= 4 is 0 Å². The van der Waals surface area contributed by atoms with Crippen molar-refractivity contribution in [3.8, 4) is 0 Å². The summed E-state index contributed by atoms with van der Waals surface area (Å²) in [5.41, 5.74) is 1.92. The topological polar surface area (TPSA) is 0 Å². The number of hydrogen-bond donors (Lipinski definition) is 0. The predicted molar refractivity (Wildman–Crippen MR) is 66.5 cm³/mol. The monoisotopic (exact) mass is 196 g/mol. The first-order valence-corrected chi connectivity index (χ1v) is 6.06. The predicted octanol–water partition coefficient (Wildman–Crippen LogP) is 5.20. The minimum Gasteiger partial charge on any atom is -0.0999 e. The quantitative estimate of drug-likeness (QED) is 0.388. The molecule has 0 amide bonds. The van der Waals surface area contributed by atoms with Crippen LogP contribution in [0.15, 0.2) is 12.2 Å². The van der Waals surface area contributed by atoms with Crippen molar-refractivity contribution in [2.24, 2.45) is 11.3 Å². The van der Waals surface area contributed by atoms with Gasteiger partial charge in [-0.1, -0.05) is 53.2 Å². The molecule has 0 N–H and O–H groups in total. The van der Waals surface area contributed by atoms with Gasteiger partial charge in [-0.15, -0.1) is 0 Å². The lowest BCUT2D eigenvalue weighted by molar-refractivity contribution is 0.221. The van der Waals surface area contributed by atoms with Crippen molar-refractivity contribution in [3.05, 3.63) is 12.2 Å². The summed E-state index contributed by atoms with van der Waals surface area (Å²) in [5, 5.41) is 0. The second-order valence-corrected chi connectivity index (χ2v) is 5.45. The van der Waals surface area contributed by atoms with Gasteiger partial charge in [0.15, 0.2) is 0 Å². The molecule has 0 aromatic rings. The first kappa shape index (κ1) is 13.7. The van der Waals surface area contributed by atoms with Crippen molar-refractivity contribution in [2.75, 3.05) is 0 Å². The van der Waals surface area contributed by atoms with E-state index in [4.69, 9.17) is 0 Å². The Labute approximate surface area is 90.8 Å². The number of unbranched alkanes of at least 4 members (excludes halogenated alkanes) is 1. The van der Waals surface area contributed by atoms with Crippen molar-refractivity contribution in [2.45, 2.75) is 66.7 Å². The Kier molecular flexibility index (Phi) is 6.15. The zero-order chi connectivity index (χ0) is 11.2. The lowest BCUT2D eigenvalue weighted by atomic mass is 9.77. The first-order chi connectivity index (χ1) is 6.40. The van der Waals surface area contributed by atoms with Crippen LogP contribution in [0.3, 0.4) is 0 Å². The van der Waals surface area contributed by atoms with Gasteiger partial charge in [-0.3, -0.25) is 0 Å². The molecule has 0 bridgehead atoms. The third kappa shape index (κ3) is 5.47. The van der Waals surface area contributed by atoms with Gasteiger partial charge in [-0.2, -0.15) is 0 Å². The Morgan fingerprint density at radius 1 is 1.21 bits per heavy atom. The minimum atomic E-state index is 0.507. The van der Waals surface area contributed by atoms with E-state index in [0.29, 0.717) is 5.41 Å². The van der Waals surface area contributed by atoms with E-state index in [1.807, 2.05) is 0 Å². The summed E-state index contributed by atoms with van der Waals surface area (Å²) in [6, 6.07) is 0. The summed E-state index contributed by atoms with van der Waals surface area (Å²) in [6.45, 7) is 15.6. The molecule has 0 unspecified atom stereocenters. The Hall–Kier alpha value is -0.260. The summed E-state index contributed by atoms with van der Waals surface area (Å²) in [4.78, 5) is 0. The maximum Gasteiger partial charge on any atom is -0.0323 e. The molecule has 0 spiro atoms. The number of hydrogen-bond acceptors (Lipinski definition) is 0. The highest BCUT2D eigenvalue weighted by atomic mass is 14.3. The first-order valence-electron chi connectivity index (χ1n) is 6.06. The number of rotatable bonds is 7. The fourth-order valence-corrected chi connectivity index (χ4v) is 1.42. The molecule has 14 heavy (non-hydrogen) atoms. The Morgan fingerprint density at radius 2 is 1.79 bits per heavy atom. The summed E-state index contributed by atoms with van der Waals surface area (Å²) in [7, 11) is 0. The van der Waals surface area contributed by atoms with E-state index in [-0.39, 0.29) is 0 Å². The molecular formula is C14H28. The average Bonchev–Trinajstić information content (AvgIpc) is 2.11.